The maximum atomic E-state index is 5.02. The SMILES string of the molecule is CCC(CC)n1ccc2c(C)nc3c(-c4c(C)cc(C)cc4C)nc(C)n3c21. The predicted molar refractivity (Wildman–Crippen MR) is 117 cm³/mol. The van der Waals surface area contributed by atoms with E-state index in [-0.39, 0.29) is 0 Å². The van der Waals surface area contributed by atoms with Gasteiger partial charge in [-0.1, -0.05) is 31.5 Å². The quantitative estimate of drug-likeness (QED) is 0.423. The fraction of sp³-hybridized carbons (Fsp3) is 0.417. The molecule has 0 fully saturated rings. The minimum atomic E-state index is 0.482. The molecule has 146 valence electrons. The number of hydrogen-bond acceptors (Lipinski definition) is 2. The van der Waals surface area contributed by atoms with E-state index in [1.165, 1.54) is 33.3 Å². The first-order valence-corrected chi connectivity index (χ1v) is 10.3. The van der Waals surface area contributed by atoms with Crippen molar-refractivity contribution in [1.82, 2.24) is 18.9 Å². The highest BCUT2D eigenvalue weighted by Gasteiger charge is 2.21. The van der Waals surface area contributed by atoms with Crippen LogP contribution in [0.2, 0.25) is 0 Å². The Kier molecular flexibility index (Phi) is 4.53. The van der Waals surface area contributed by atoms with E-state index in [4.69, 9.17) is 9.97 Å². The average Bonchev–Trinajstić information content (AvgIpc) is 3.18. The number of nitrogens with zero attached hydrogens (tertiary/aromatic N) is 4. The molecule has 0 aliphatic heterocycles. The van der Waals surface area contributed by atoms with Gasteiger partial charge in [-0.25, -0.2) is 9.97 Å². The molecule has 0 amide bonds. The lowest BCUT2D eigenvalue weighted by atomic mass is 9.97. The third-order valence-electron chi connectivity index (χ3n) is 6.03. The monoisotopic (exact) mass is 374 g/mol. The second kappa shape index (κ2) is 6.77. The summed E-state index contributed by atoms with van der Waals surface area (Å²) in [6.45, 7) is 15.2. The van der Waals surface area contributed by atoms with Gasteiger partial charge < -0.3 is 4.57 Å². The molecule has 4 rings (SSSR count). The maximum Gasteiger partial charge on any atom is 0.166 e. The Morgan fingerprint density at radius 3 is 2.18 bits per heavy atom. The normalized spacial score (nSPS) is 12.0. The summed E-state index contributed by atoms with van der Waals surface area (Å²) >= 11 is 0. The lowest BCUT2D eigenvalue weighted by Gasteiger charge is -2.18. The molecule has 28 heavy (non-hydrogen) atoms. The van der Waals surface area contributed by atoms with Crippen LogP contribution < -0.4 is 0 Å². The van der Waals surface area contributed by atoms with Crippen LogP contribution in [-0.2, 0) is 0 Å². The summed E-state index contributed by atoms with van der Waals surface area (Å²) in [5, 5.41) is 1.21. The first kappa shape index (κ1) is 18.7. The van der Waals surface area contributed by atoms with Crippen molar-refractivity contribution in [1.29, 1.82) is 0 Å². The van der Waals surface area contributed by atoms with Gasteiger partial charge in [0.15, 0.2) is 5.65 Å². The third kappa shape index (κ3) is 2.66. The molecular weight excluding hydrogens is 344 g/mol. The van der Waals surface area contributed by atoms with Crippen molar-refractivity contribution in [2.45, 2.75) is 67.3 Å². The number of hydrogen-bond donors (Lipinski definition) is 0. The molecule has 0 unspecified atom stereocenters. The Morgan fingerprint density at radius 1 is 0.929 bits per heavy atom. The number of imidazole rings is 1. The minimum absolute atomic E-state index is 0.482. The predicted octanol–water partition coefficient (Wildman–Crippen LogP) is 6.25. The molecule has 0 aliphatic carbocycles. The van der Waals surface area contributed by atoms with Crippen molar-refractivity contribution in [3.8, 4) is 11.3 Å². The van der Waals surface area contributed by atoms with Crippen LogP contribution in [0.3, 0.4) is 0 Å². The van der Waals surface area contributed by atoms with Crippen molar-refractivity contribution in [2.75, 3.05) is 0 Å². The molecule has 0 bridgehead atoms. The first-order chi connectivity index (χ1) is 13.4. The van der Waals surface area contributed by atoms with Crippen LogP contribution in [0, 0.1) is 34.6 Å². The van der Waals surface area contributed by atoms with Crippen molar-refractivity contribution < 1.29 is 0 Å². The van der Waals surface area contributed by atoms with Gasteiger partial charge in [0.1, 0.15) is 17.2 Å². The Hall–Kier alpha value is -2.62. The van der Waals surface area contributed by atoms with E-state index in [2.05, 4.69) is 81.8 Å². The zero-order valence-corrected chi connectivity index (χ0v) is 18.1. The molecule has 4 heteroatoms. The van der Waals surface area contributed by atoms with Gasteiger partial charge in [0, 0.05) is 23.2 Å². The Balaban J connectivity index is 2.12. The van der Waals surface area contributed by atoms with Gasteiger partial charge in [0.25, 0.3) is 0 Å². The highest BCUT2D eigenvalue weighted by Crippen LogP contribution is 2.34. The standard InChI is InChI=1S/C24H30N4/c1-8-19(9-2)27-11-10-20-17(6)25-23-22(26-18(7)28(23)24(20)27)21-15(4)12-14(3)13-16(21)5/h10-13,19H,8-9H2,1-7H3. The van der Waals surface area contributed by atoms with Gasteiger partial charge in [-0.3, -0.25) is 4.40 Å². The van der Waals surface area contributed by atoms with Gasteiger partial charge >= 0.3 is 0 Å². The van der Waals surface area contributed by atoms with Crippen LogP contribution in [-0.4, -0.2) is 18.9 Å². The van der Waals surface area contributed by atoms with E-state index in [0.717, 1.165) is 35.7 Å². The Labute approximate surface area is 167 Å². The second-order valence-corrected chi connectivity index (χ2v) is 8.07. The molecule has 3 heterocycles. The summed E-state index contributed by atoms with van der Waals surface area (Å²) in [6.07, 6.45) is 4.44. The third-order valence-corrected chi connectivity index (χ3v) is 6.03. The number of fused-ring (bicyclic) bond motifs is 3. The zero-order chi connectivity index (χ0) is 20.2. The molecule has 0 N–H and O–H groups in total. The van der Waals surface area contributed by atoms with Crippen LogP contribution in [0.25, 0.3) is 27.9 Å². The lowest BCUT2D eigenvalue weighted by Crippen LogP contribution is -2.09. The van der Waals surface area contributed by atoms with E-state index in [0.29, 0.717) is 6.04 Å². The van der Waals surface area contributed by atoms with Crippen molar-refractivity contribution in [2.24, 2.45) is 0 Å². The smallest absolute Gasteiger partial charge is 0.166 e. The fourth-order valence-corrected chi connectivity index (χ4v) is 4.75. The summed E-state index contributed by atoms with van der Waals surface area (Å²) in [6, 6.07) is 7.16. The first-order valence-electron chi connectivity index (χ1n) is 10.3. The van der Waals surface area contributed by atoms with Crippen LogP contribution in [0.4, 0.5) is 0 Å². The number of aromatic nitrogens is 4. The van der Waals surface area contributed by atoms with E-state index < -0.39 is 0 Å². The Bertz CT molecular complexity index is 1170. The number of benzene rings is 1. The molecule has 1 aromatic carbocycles. The van der Waals surface area contributed by atoms with Crippen molar-refractivity contribution in [3.05, 3.63) is 52.6 Å². The van der Waals surface area contributed by atoms with E-state index in [1.54, 1.807) is 0 Å². The number of aryl methyl sites for hydroxylation is 5. The highest BCUT2D eigenvalue weighted by molar-refractivity contribution is 5.87. The van der Waals surface area contributed by atoms with Crippen LogP contribution >= 0.6 is 0 Å². The van der Waals surface area contributed by atoms with E-state index in [1.807, 2.05) is 0 Å². The van der Waals surface area contributed by atoms with Crippen molar-refractivity contribution >= 4 is 16.7 Å². The Morgan fingerprint density at radius 2 is 1.57 bits per heavy atom. The number of rotatable bonds is 4. The highest BCUT2D eigenvalue weighted by atomic mass is 15.2. The zero-order valence-electron chi connectivity index (χ0n) is 18.1. The molecule has 0 saturated heterocycles. The maximum absolute atomic E-state index is 5.02. The van der Waals surface area contributed by atoms with Gasteiger partial charge in [0.2, 0.25) is 0 Å². The second-order valence-electron chi connectivity index (χ2n) is 8.07. The van der Waals surface area contributed by atoms with Crippen LogP contribution in [0.15, 0.2) is 24.4 Å². The van der Waals surface area contributed by atoms with Gasteiger partial charge in [-0.15, -0.1) is 0 Å². The fourth-order valence-electron chi connectivity index (χ4n) is 4.75. The largest absolute Gasteiger partial charge is 0.330 e. The summed E-state index contributed by atoms with van der Waals surface area (Å²) < 4.78 is 4.68. The van der Waals surface area contributed by atoms with Crippen LogP contribution in [0.5, 0.6) is 0 Å². The minimum Gasteiger partial charge on any atom is -0.330 e. The molecule has 0 atom stereocenters. The van der Waals surface area contributed by atoms with Gasteiger partial charge in [-0.2, -0.15) is 0 Å². The topological polar surface area (TPSA) is 35.1 Å². The molecule has 4 aromatic rings. The molecule has 0 radical (unpaired) electrons. The summed E-state index contributed by atoms with van der Waals surface area (Å²) in [5.74, 6) is 0.993. The van der Waals surface area contributed by atoms with Crippen LogP contribution in [0.1, 0.15) is 60.9 Å². The molecule has 0 aliphatic rings. The molecule has 3 aromatic heterocycles. The molecule has 0 spiro atoms. The van der Waals surface area contributed by atoms with E-state index in [9.17, 15) is 0 Å². The lowest BCUT2D eigenvalue weighted by molar-refractivity contribution is 0.482. The van der Waals surface area contributed by atoms with Gasteiger partial charge in [0.05, 0.1) is 5.69 Å². The molecule has 0 saturated carbocycles. The summed E-state index contributed by atoms with van der Waals surface area (Å²) in [4.78, 5) is 10.0. The van der Waals surface area contributed by atoms with Gasteiger partial charge in [-0.05, 0) is 64.7 Å². The van der Waals surface area contributed by atoms with Crippen molar-refractivity contribution in [3.63, 3.8) is 0 Å². The average molecular weight is 375 g/mol. The van der Waals surface area contributed by atoms with E-state index >= 15 is 0 Å². The summed E-state index contributed by atoms with van der Waals surface area (Å²) in [5.41, 5.74) is 9.25. The molecular formula is C24H30N4. The summed E-state index contributed by atoms with van der Waals surface area (Å²) in [7, 11) is 0. The molecule has 4 nitrogen and oxygen atoms in total.